The van der Waals surface area contributed by atoms with Crippen LogP contribution < -0.4 is 9.47 Å². The standard InChI is InChI=1S/C11H13O2/c1-4-9-6-10(12-3)8-11(7-9)13-5-2/h6-8H,1,5H2,2-3H3. The molecule has 0 aromatic heterocycles. The van der Waals surface area contributed by atoms with Gasteiger partial charge in [0.05, 0.1) is 13.7 Å². The average molecular weight is 177 g/mol. The van der Waals surface area contributed by atoms with E-state index in [1.54, 1.807) is 7.11 Å². The van der Waals surface area contributed by atoms with E-state index in [0.29, 0.717) is 6.61 Å². The maximum Gasteiger partial charge on any atom is 0.123 e. The second-order valence-electron chi connectivity index (χ2n) is 2.51. The van der Waals surface area contributed by atoms with Gasteiger partial charge < -0.3 is 9.47 Å². The van der Waals surface area contributed by atoms with Crippen molar-refractivity contribution in [2.75, 3.05) is 13.7 Å². The molecule has 69 valence electrons. The zero-order valence-electron chi connectivity index (χ0n) is 7.96. The van der Waals surface area contributed by atoms with Gasteiger partial charge in [0.2, 0.25) is 0 Å². The van der Waals surface area contributed by atoms with Crippen LogP contribution in [0.25, 0.3) is 0 Å². The van der Waals surface area contributed by atoms with E-state index in [1.165, 1.54) is 0 Å². The Bertz CT molecular complexity index is 292. The highest BCUT2D eigenvalue weighted by Gasteiger charge is 1.99. The predicted molar refractivity (Wildman–Crippen MR) is 52.1 cm³/mol. The number of ether oxygens (including phenoxy) is 2. The van der Waals surface area contributed by atoms with Crippen LogP contribution >= 0.6 is 0 Å². The molecule has 0 amide bonds. The molecule has 0 saturated carbocycles. The number of benzene rings is 1. The van der Waals surface area contributed by atoms with Crippen LogP contribution in [0.1, 0.15) is 12.5 Å². The zero-order chi connectivity index (χ0) is 9.68. The van der Waals surface area contributed by atoms with Crippen molar-refractivity contribution in [3.8, 4) is 11.5 Å². The van der Waals surface area contributed by atoms with Crippen LogP contribution in [0.4, 0.5) is 0 Å². The Labute approximate surface area is 78.8 Å². The molecule has 1 aromatic carbocycles. The van der Waals surface area contributed by atoms with Crippen molar-refractivity contribution in [1.29, 1.82) is 0 Å². The van der Waals surface area contributed by atoms with Gasteiger partial charge in [-0.15, -0.1) is 0 Å². The zero-order valence-corrected chi connectivity index (χ0v) is 7.96. The topological polar surface area (TPSA) is 18.5 Å². The van der Waals surface area contributed by atoms with Gasteiger partial charge in [-0.25, -0.2) is 0 Å². The summed E-state index contributed by atoms with van der Waals surface area (Å²) in [7, 11) is 1.62. The van der Waals surface area contributed by atoms with Crippen molar-refractivity contribution in [3.05, 3.63) is 36.4 Å². The van der Waals surface area contributed by atoms with Crippen LogP contribution in [0.2, 0.25) is 0 Å². The summed E-state index contributed by atoms with van der Waals surface area (Å²) in [5.74, 6) is 1.55. The lowest BCUT2D eigenvalue weighted by Crippen LogP contribution is -1.93. The molecule has 0 aliphatic carbocycles. The third-order valence-corrected chi connectivity index (χ3v) is 1.63. The molecule has 0 bridgehead atoms. The third-order valence-electron chi connectivity index (χ3n) is 1.63. The van der Waals surface area contributed by atoms with Crippen molar-refractivity contribution in [2.45, 2.75) is 6.92 Å². The SMILES string of the molecule is C=[C]c1cc(OC)cc(OCC)c1. The lowest BCUT2D eigenvalue weighted by molar-refractivity contribution is 0.336. The van der Waals surface area contributed by atoms with Crippen molar-refractivity contribution in [1.82, 2.24) is 0 Å². The highest BCUT2D eigenvalue weighted by molar-refractivity contribution is 5.40. The van der Waals surface area contributed by atoms with Gasteiger partial charge in [0.1, 0.15) is 11.5 Å². The smallest absolute Gasteiger partial charge is 0.123 e. The predicted octanol–water partition coefficient (Wildman–Crippen LogP) is 2.43. The van der Waals surface area contributed by atoms with Gasteiger partial charge in [-0.2, -0.15) is 0 Å². The van der Waals surface area contributed by atoms with Gasteiger partial charge in [-0.1, -0.05) is 6.58 Å². The van der Waals surface area contributed by atoms with Gasteiger partial charge in [0.25, 0.3) is 0 Å². The van der Waals surface area contributed by atoms with E-state index in [4.69, 9.17) is 9.47 Å². The lowest BCUT2D eigenvalue weighted by atomic mass is 10.2. The summed E-state index contributed by atoms with van der Waals surface area (Å²) in [6.45, 7) is 6.16. The largest absolute Gasteiger partial charge is 0.497 e. The second-order valence-corrected chi connectivity index (χ2v) is 2.51. The van der Waals surface area contributed by atoms with E-state index < -0.39 is 0 Å². The second kappa shape index (κ2) is 4.55. The number of rotatable bonds is 4. The Morgan fingerprint density at radius 2 is 2.00 bits per heavy atom. The molecule has 2 nitrogen and oxygen atoms in total. The van der Waals surface area contributed by atoms with Gasteiger partial charge in [-0.3, -0.25) is 0 Å². The molecule has 0 fully saturated rings. The Morgan fingerprint density at radius 1 is 1.31 bits per heavy atom. The molecule has 0 spiro atoms. The van der Waals surface area contributed by atoms with Crippen molar-refractivity contribution in [3.63, 3.8) is 0 Å². The lowest BCUT2D eigenvalue weighted by Gasteiger charge is -2.06. The van der Waals surface area contributed by atoms with Crippen LogP contribution in [0.3, 0.4) is 0 Å². The van der Waals surface area contributed by atoms with Crippen molar-refractivity contribution in [2.24, 2.45) is 0 Å². The van der Waals surface area contributed by atoms with Crippen molar-refractivity contribution >= 4 is 0 Å². The van der Waals surface area contributed by atoms with Crippen LogP contribution in [0.15, 0.2) is 24.8 Å². The average Bonchev–Trinajstić information content (AvgIpc) is 2.17. The maximum absolute atomic E-state index is 5.34. The first-order valence-electron chi connectivity index (χ1n) is 4.15. The summed E-state index contributed by atoms with van der Waals surface area (Å²) in [5, 5.41) is 0. The fourth-order valence-corrected chi connectivity index (χ4v) is 1.04. The van der Waals surface area contributed by atoms with Crippen LogP contribution in [0, 0.1) is 6.08 Å². The molecule has 0 aliphatic rings. The van der Waals surface area contributed by atoms with Crippen LogP contribution in [-0.2, 0) is 0 Å². The third kappa shape index (κ3) is 2.51. The Morgan fingerprint density at radius 3 is 2.54 bits per heavy atom. The first-order chi connectivity index (χ1) is 6.30. The van der Waals surface area contributed by atoms with E-state index in [-0.39, 0.29) is 0 Å². The van der Waals surface area contributed by atoms with E-state index in [2.05, 4.69) is 12.7 Å². The minimum Gasteiger partial charge on any atom is -0.497 e. The molecule has 0 N–H and O–H groups in total. The molecule has 2 heteroatoms. The Balaban J connectivity index is 2.99. The highest BCUT2D eigenvalue weighted by atomic mass is 16.5. The number of methoxy groups -OCH3 is 1. The monoisotopic (exact) mass is 177 g/mol. The summed E-state index contributed by atoms with van der Waals surface area (Å²) in [6.07, 6.45) is 2.79. The fraction of sp³-hybridized carbons (Fsp3) is 0.273. The van der Waals surface area contributed by atoms with Crippen LogP contribution in [-0.4, -0.2) is 13.7 Å². The molecule has 0 unspecified atom stereocenters. The summed E-state index contributed by atoms with van der Waals surface area (Å²) < 4.78 is 10.4. The van der Waals surface area contributed by atoms with Crippen molar-refractivity contribution < 1.29 is 9.47 Å². The summed E-state index contributed by atoms with van der Waals surface area (Å²) in [6, 6.07) is 5.57. The molecule has 1 radical (unpaired) electrons. The first kappa shape index (κ1) is 9.65. The molecule has 0 saturated heterocycles. The van der Waals surface area contributed by atoms with E-state index >= 15 is 0 Å². The van der Waals surface area contributed by atoms with Crippen LogP contribution in [0.5, 0.6) is 11.5 Å². The van der Waals surface area contributed by atoms with E-state index in [9.17, 15) is 0 Å². The molecular formula is C11H13O2. The molecule has 1 aromatic rings. The number of hydrogen-bond acceptors (Lipinski definition) is 2. The summed E-state index contributed by atoms with van der Waals surface area (Å²) >= 11 is 0. The Hall–Kier alpha value is -1.44. The van der Waals surface area contributed by atoms with E-state index in [0.717, 1.165) is 17.1 Å². The highest BCUT2D eigenvalue weighted by Crippen LogP contribution is 2.22. The van der Waals surface area contributed by atoms with Gasteiger partial charge in [-0.05, 0) is 30.7 Å². The quantitative estimate of drug-likeness (QED) is 0.703. The molecule has 0 heterocycles. The van der Waals surface area contributed by atoms with Gasteiger partial charge >= 0.3 is 0 Å². The summed E-state index contributed by atoms with van der Waals surface area (Å²) in [4.78, 5) is 0. The van der Waals surface area contributed by atoms with Gasteiger partial charge in [0.15, 0.2) is 0 Å². The molecule has 1 rings (SSSR count). The van der Waals surface area contributed by atoms with Gasteiger partial charge in [0, 0.05) is 6.07 Å². The normalized spacial score (nSPS) is 9.38. The maximum atomic E-state index is 5.34. The van der Waals surface area contributed by atoms with E-state index in [1.807, 2.05) is 25.1 Å². The minimum absolute atomic E-state index is 0.643. The first-order valence-corrected chi connectivity index (χ1v) is 4.15. The molecule has 0 aliphatic heterocycles. The molecule has 13 heavy (non-hydrogen) atoms. The Kier molecular flexibility index (Phi) is 3.38. The number of hydrogen-bond donors (Lipinski definition) is 0. The minimum atomic E-state index is 0.643. The fourth-order valence-electron chi connectivity index (χ4n) is 1.04. The molecule has 0 atom stereocenters. The summed E-state index contributed by atoms with van der Waals surface area (Å²) in [5.41, 5.74) is 0.878. The molecular weight excluding hydrogens is 164 g/mol.